The molecule has 2 amide bonds. The zero-order valence-electron chi connectivity index (χ0n) is 17.6. The Bertz CT molecular complexity index is 696. The number of amides is 2. The van der Waals surface area contributed by atoms with Crippen LogP contribution in [-0.4, -0.2) is 30.9 Å². The second-order valence-corrected chi connectivity index (χ2v) is 9.52. The molecular weight excluding hydrogens is 350 g/mol. The summed E-state index contributed by atoms with van der Waals surface area (Å²) in [5, 5.41) is 6.22. The number of hydrogen-bond donors (Lipinski definition) is 2. The van der Waals surface area contributed by atoms with Gasteiger partial charge in [0.05, 0.1) is 5.56 Å². The van der Waals surface area contributed by atoms with Crippen LogP contribution in [0.1, 0.15) is 82.5 Å². The van der Waals surface area contributed by atoms with Crippen LogP contribution >= 0.6 is 0 Å². The molecule has 2 aliphatic rings. The first-order valence-corrected chi connectivity index (χ1v) is 10.8. The molecule has 2 fully saturated rings. The topological polar surface area (TPSA) is 61.4 Å². The fourth-order valence-corrected chi connectivity index (χ4v) is 4.23. The maximum atomic E-state index is 13.1. The van der Waals surface area contributed by atoms with Gasteiger partial charge in [-0.15, -0.1) is 0 Å². The van der Waals surface area contributed by atoms with Crippen molar-refractivity contribution in [1.82, 2.24) is 5.32 Å². The van der Waals surface area contributed by atoms with Crippen molar-refractivity contribution in [3.05, 3.63) is 23.8 Å². The highest BCUT2D eigenvalue weighted by Crippen LogP contribution is 2.29. The maximum Gasteiger partial charge on any atom is 0.253 e. The summed E-state index contributed by atoms with van der Waals surface area (Å²) in [6.45, 7) is 8.11. The number of carbonyl (C=O) groups excluding carboxylic acids is 2. The number of nitrogens with one attached hydrogen (secondary N) is 2. The molecule has 0 aromatic heterocycles. The van der Waals surface area contributed by atoms with E-state index in [9.17, 15) is 9.59 Å². The predicted molar refractivity (Wildman–Crippen MR) is 115 cm³/mol. The molecule has 5 nitrogen and oxygen atoms in total. The van der Waals surface area contributed by atoms with Crippen LogP contribution in [0.5, 0.6) is 0 Å². The molecule has 1 aliphatic carbocycles. The van der Waals surface area contributed by atoms with E-state index in [1.165, 1.54) is 19.3 Å². The average molecular weight is 386 g/mol. The summed E-state index contributed by atoms with van der Waals surface area (Å²) in [5.41, 5.74) is 2.30. The molecule has 0 radical (unpaired) electrons. The molecule has 1 heterocycles. The third kappa shape index (κ3) is 5.73. The quantitative estimate of drug-likeness (QED) is 0.771. The number of hydrogen-bond acceptors (Lipinski definition) is 3. The first kappa shape index (κ1) is 20.7. The van der Waals surface area contributed by atoms with Crippen LogP contribution in [-0.2, 0) is 4.79 Å². The zero-order chi connectivity index (χ0) is 20.1. The minimum atomic E-state index is -0.0687. The van der Waals surface area contributed by atoms with Crippen molar-refractivity contribution in [3.8, 4) is 0 Å². The van der Waals surface area contributed by atoms with Gasteiger partial charge in [0, 0.05) is 36.9 Å². The minimum absolute atomic E-state index is 0.0132. The van der Waals surface area contributed by atoms with E-state index in [4.69, 9.17) is 0 Å². The van der Waals surface area contributed by atoms with E-state index in [0.29, 0.717) is 17.7 Å². The lowest BCUT2D eigenvalue weighted by Crippen LogP contribution is -2.37. The smallest absolute Gasteiger partial charge is 0.253 e. The van der Waals surface area contributed by atoms with Gasteiger partial charge in [-0.3, -0.25) is 9.59 Å². The molecule has 1 aliphatic heterocycles. The van der Waals surface area contributed by atoms with Crippen LogP contribution in [0.15, 0.2) is 18.2 Å². The van der Waals surface area contributed by atoms with Crippen LogP contribution < -0.4 is 15.5 Å². The molecular formula is C23H35N3O2. The van der Waals surface area contributed by atoms with Crippen LogP contribution in [0.4, 0.5) is 11.4 Å². The molecule has 2 N–H and O–H groups in total. The van der Waals surface area contributed by atoms with Crippen molar-refractivity contribution < 1.29 is 9.59 Å². The van der Waals surface area contributed by atoms with E-state index in [2.05, 4.69) is 15.5 Å². The third-order valence-corrected chi connectivity index (χ3v) is 5.60. The van der Waals surface area contributed by atoms with Gasteiger partial charge in [-0.05, 0) is 49.3 Å². The molecule has 0 unspecified atom stereocenters. The predicted octanol–water partition coefficient (Wildman–Crippen LogP) is 4.72. The van der Waals surface area contributed by atoms with E-state index in [-0.39, 0.29) is 23.3 Å². The van der Waals surface area contributed by atoms with Crippen molar-refractivity contribution in [2.24, 2.45) is 5.41 Å². The molecule has 1 aromatic rings. The van der Waals surface area contributed by atoms with Crippen LogP contribution in [0, 0.1) is 5.41 Å². The Balaban J connectivity index is 1.79. The molecule has 0 bridgehead atoms. The monoisotopic (exact) mass is 385 g/mol. The maximum absolute atomic E-state index is 13.1. The van der Waals surface area contributed by atoms with Gasteiger partial charge in [0.1, 0.15) is 0 Å². The zero-order valence-corrected chi connectivity index (χ0v) is 17.6. The van der Waals surface area contributed by atoms with Crippen LogP contribution in [0.25, 0.3) is 0 Å². The molecule has 1 saturated carbocycles. The Morgan fingerprint density at radius 1 is 1.04 bits per heavy atom. The Hall–Kier alpha value is -2.04. The Kier molecular flexibility index (Phi) is 6.63. The van der Waals surface area contributed by atoms with Gasteiger partial charge in [0.2, 0.25) is 5.91 Å². The molecule has 154 valence electrons. The van der Waals surface area contributed by atoms with Crippen molar-refractivity contribution in [2.75, 3.05) is 23.3 Å². The van der Waals surface area contributed by atoms with Gasteiger partial charge in [0.25, 0.3) is 5.91 Å². The number of anilines is 2. The first-order valence-electron chi connectivity index (χ1n) is 10.8. The van der Waals surface area contributed by atoms with Gasteiger partial charge in [-0.1, -0.05) is 40.0 Å². The summed E-state index contributed by atoms with van der Waals surface area (Å²) in [6, 6.07) is 6.04. The second kappa shape index (κ2) is 8.97. The number of benzene rings is 1. The van der Waals surface area contributed by atoms with Crippen molar-refractivity contribution in [2.45, 2.75) is 78.2 Å². The van der Waals surface area contributed by atoms with Gasteiger partial charge in [-0.2, -0.15) is 0 Å². The fourth-order valence-electron chi connectivity index (χ4n) is 4.23. The lowest BCUT2D eigenvalue weighted by Gasteiger charge is -2.26. The number of carbonyl (C=O) groups is 2. The molecule has 0 atom stereocenters. The SMILES string of the molecule is CC(C)(C)CC(=O)Nc1ccc(N2CCCC2)c(C(=O)NC2CCCCC2)c1. The highest BCUT2D eigenvalue weighted by molar-refractivity contribution is 6.02. The van der Waals surface area contributed by atoms with Crippen molar-refractivity contribution in [3.63, 3.8) is 0 Å². The summed E-state index contributed by atoms with van der Waals surface area (Å²) in [7, 11) is 0. The minimum Gasteiger partial charge on any atom is -0.371 e. The lowest BCUT2D eigenvalue weighted by molar-refractivity contribution is -0.117. The largest absolute Gasteiger partial charge is 0.371 e. The summed E-state index contributed by atoms with van der Waals surface area (Å²) < 4.78 is 0. The number of rotatable bonds is 5. The van der Waals surface area contributed by atoms with Gasteiger partial charge >= 0.3 is 0 Å². The van der Waals surface area contributed by atoms with Gasteiger partial charge < -0.3 is 15.5 Å². The standard InChI is InChI=1S/C23H35N3O2/c1-23(2,3)16-21(27)24-18-11-12-20(26-13-7-8-14-26)19(15-18)22(28)25-17-9-5-4-6-10-17/h11-12,15,17H,4-10,13-14,16H2,1-3H3,(H,24,27)(H,25,28). The van der Waals surface area contributed by atoms with Gasteiger partial charge in [0.15, 0.2) is 0 Å². The molecule has 5 heteroatoms. The van der Waals surface area contributed by atoms with Crippen LogP contribution in [0.2, 0.25) is 0 Å². The van der Waals surface area contributed by atoms with Crippen molar-refractivity contribution >= 4 is 23.2 Å². The Labute approximate surface area is 169 Å². The van der Waals surface area contributed by atoms with Crippen molar-refractivity contribution in [1.29, 1.82) is 0 Å². The normalized spacial score (nSPS) is 18.2. The summed E-state index contributed by atoms with van der Waals surface area (Å²) in [5.74, 6) is -0.0271. The highest BCUT2D eigenvalue weighted by Gasteiger charge is 2.23. The van der Waals surface area contributed by atoms with Crippen LogP contribution in [0.3, 0.4) is 0 Å². The fraction of sp³-hybridized carbons (Fsp3) is 0.652. The van der Waals surface area contributed by atoms with E-state index >= 15 is 0 Å². The van der Waals surface area contributed by atoms with E-state index in [1.807, 2.05) is 39.0 Å². The molecule has 0 spiro atoms. The Morgan fingerprint density at radius 2 is 1.71 bits per heavy atom. The molecule has 1 saturated heterocycles. The van der Waals surface area contributed by atoms with E-state index in [1.54, 1.807) is 0 Å². The summed E-state index contributed by atoms with van der Waals surface area (Å²) in [4.78, 5) is 27.7. The number of nitrogens with zero attached hydrogens (tertiary/aromatic N) is 1. The second-order valence-electron chi connectivity index (χ2n) is 9.52. The van der Waals surface area contributed by atoms with E-state index < -0.39 is 0 Å². The molecule has 3 rings (SSSR count). The summed E-state index contributed by atoms with van der Waals surface area (Å²) in [6.07, 6.45) is 8.53. The highest BCUT2D eigenvalue weighted by atomic mass is 16.2. The Morgan fingerprint density at radius 3 is 2.36 bits per heavy atom. The third-order valence-electron chi connectivity index (χ3n) is 5.60. The van der Waals surface area contributed by atoms with E-state index in [0.717, 1.165) is 44.5 Å². The molecule has 28 heavy (non-hydrogen) atoms. The lowest BCUT2D eigenvalue weighted by atomic mass is 9.92. The average Bonchev–Trinajstić information content (AvgIpc) is 3.15. The summed E-state index contributed by atoms with van der Waals surface area (Å²) >= 11 is 0. The van der Waals surface area contributed by atoms with Gasteiger partial charge in [-0.25, -0.2) is 0 Å². The molecule has 1 aromatic carbocycles. The first-order chi connectivity index (χ1) is 13.3.